The van der Waals surface area contributed by atoms with Crippen molar-refractivity contribution in [3.05, 3.63) is 70.0 Å². The maximum absolute atomic E-state index is 13.1. The number of hydrogen-bond acceptors (Lipinski definition) is 5. The predicted molar refractivity (Wildman–Crippen MR) is 127 cm³/mol. The van der Waals surface area contributed by atoms with Gasteiger partial charge < -0.3 is 20.8 Å². The van der Waals surface area contributed by atoms with Crippen LogP contribution in [0, 0.1) is 0 Å². The molecular weight excluding hydrogens is 446 g/mol. The highest BCUT2D eigenvalue weighted by molar-refractivity contribution is 6.30. The standard InChI is InChI=1S/C23H24ClN5O3.H2O/c1-23(2,3)32-22(31)26-13-12-25-18-14-20-21(30)28(16-10-8-15(24)9-11-16)27-29(20)19-7-5-4-6-17(18)19;/h4-11,14,27H,12-13H2,1-3H3,(H,26,31);1H2. The number of carbonyl (C=O) groups excluding carboxylic acids is 1. The zero-order valence-corrected chi connectivity index (χ0v) is 19.3. The van der Waals surface area contributed by atoms with Crippen LogP contribution in [-0.2, 0) is 4.74 Å². The molecule has 174 valence electrons. The third-order valence-corrected chi connectivity index (χ3v) is 5.02. The van der Waals surface area contributed by atoms with E-state index in [-0.39, 0.29) is 11.0 Å². The van der Waals surface area contributed by atoms with Crippen molar-refractivity contribution in [3.8, 4) is 5.69 Å². The first-order chi connectivity index (χ1) is 15.2. The molecule has 0 aliphatic heterocycles. The lowest BCUT2D eigenvalue weighted by Crippen LogP contribution is -2.35. The summed E-state index contributed by atoms with van der Waals surface area (Å²) >= 11 is 5.98. The molecule has 0 bridgehead atoms. The van der Waals surface area contributed by atoms with Crippen molar-refractivity contribution in [2.45, 2.75) is 26.4 Å². The molecular formula is C23H26ClN5O4. The van der Waals surface area contributed by atoms with Gasteiger partial charge in [0.15, 0.2) is 11.2 Å². The van der Waals surface area contributed by atoms with Crippen LogP contribution in [0.5, 0.6) is 0 Å². The summed E-state index contributed by atoms with van der Waals surface area (Å²) in [6.07, 6.45) is -0.466. The van der Waals surface area contributed by atoms with Gasteiger partial charge in [0, 0.05) is 29.6 Å². The number of ether oxygens (including phenoxy) is 1. The SMILES string of the molecule is CC(C)(C)OC(=O)NCCNc1cc2c(=O)n(-c3ccc(Cl)cc3)[nH][n+]2c2ccccc12.[OH-]. The second-order valence-electron chi connectivity index (χ2n) is 8.37. The molecule has 2 aromatic heterocycles. The van der Waals surface area contributed by atoms with Crippen molar-refractivity contribution in [3.63, 3.8) is 0 Å². The highest BCUT2D eigenvalue weighted by Gasteiger charge is 2.21. The number of nitrogens with one attached hydrogen (secondary N) is 3. The van der Waals surface area contributed by atoms with Gasteiger partial charge in [-0.1, -0.05) is 33.6 Å². The van der Waals surface area contributed by atoms with Crippen LogP contribution < -0.4 is 20.7 Å². The number of para-hydroxylation sites is 1. The van der Waals surface area contributed by atoms with Gasteiger partial charge in [0.2, 0.25) is 5.52 Å². The number of rotatable bonds is 5. The van der Waals surface area contributed by atoms with E-state index in [0.717, 1.165) is 16.6 Å². The van der Waals surface area contributed by atoms with Gasteiger partial charge in [0.1, 0.15) is 5.60 Å². The molecule has 0 atom stereocenters. The first-order valence-corrected chi connectivity index (χ1v) is 10.7. The van der Waals surface area contributed by atoms with Crippen LogP contribution in [0.2, 0.25) is 5.02 Å². The molecule has 0 radical (unpaired) electrons. The largest absolute Gasteiger partial charge is 0.870 e. The number of carbonyl (C=O) groups is 1. The normalized spacial score (nSPS) is 11.3. The molecule has 10 heteroatoms. The van der Waals surface area contributed by atoms with Crippen LogP contribution in [0.25, 0.3) is 22.1 Å². The minimum atomic E-state index is -0.547. The Morgan fingerprint density at radius 1 is 1.09 bits per heavy atom. The Labute approximate surface area is 195 Å². The number of anilines is 1. The molecule has 2 heterocycles. The number of fused-ring (bicyclic) bond motifs is 3. The van der Waals surface area contributed by atoms with Crippen LogP contribution in [0.15, 0.2) is 59.4 Å². The summed E-state index contributed by atoms with van der Waals surface area (Å²) < 4.78 is 8.49. The smallest absolute Gasteiger partial charge is 0.407 e. The minimum Gasteiger partial charge on any atom is -0.870 e. The summed E-state index contributed by atoms with van der Waals surface area (Å²) in [5, 5.41) is 10.7. The van der Waals surface area contributed by atoms with Crippen molar-refractivity contribution in [1.82, 2.24) is 15.2 Å². The maximum Gasteiger partial charge on any atom is 0.407 e. The molecule has 0 saturated heterocycles. The zero-order valence-electron chi connectivity index (χ0n) is 18.6. The average molecular weight is 472 g/mol. The summed E-state index contributed by atoms with van der Waals surface area (Å²) in [5.41, 5.74) is 2.08. The third-order valence-electron chi connectivity index (χ3n) is 4.77. The van der Waals surface area contributed by atoms with E-state index < -0.39 is 11.7 Å². The second kappa shape index (κ2) is 9.51. The lowest BCUT2D eigenvalue weighted by molar-refractivity contribution is -0.555. The molecule has 0 unspecified atom stereocenters. The number of aromatic amines is 1. The van der Waals surface area contributed by atoms with Crippen molar-refractivity contribution >= 4 is 39.8 Å². The Bertz CT molecular complexity index is 1340. The fourth-order valence-electron chi connectivity index (χ4n) is 3.42. The first kappa shape index (κ1) is 24.1. The monoisotopic (exact) mass is 471 g/mol. The first-order valence-electron chi connectivity index (χ1n) is 10.3. The maximum atomic E-state index is 13.1. The van der Waals surface area contributed by atoms with Gasteiger partial charge in [-0.05, 0) is 57.2 Å². The van der Waals surface area contributed by atoms with Crippen molar-refractivity contribution < 1.29 is 19.5 Å². The zero-order chi connectivity index (χ0) is 22.9. The quantitative estimate of drug-likeness (QED) is 0.304. The summed E-state index contributed by atoms with van der Waals surface area (Å²) in [6, 6.07) is 16.6. The molecule has 1 amide bonds. The van der Waals surface area contributed by atoms with Gasteiger partial charge in [0.25, 0.3) is 0 Å². The highest BCUT2D eigenvalue weighted by Crippen LogP contribution is 2.21. The van der Waals surface area contributed by atoms with Crippen molar-refractivity contribution in [2.75, 3.05) is 18.4 Å². The number of benzene rings is 2. The van der Waals surface area contributed by atoms with Gasteiger partial charge >= 0.3 is 11.7 Å². The average Bonchev–Trinajstić information content (AvgIpc) is 3.07. The van der Waals surface area contributed by atoms with E-state index in [1.54, 1.807) is 34.8 Å². The van der Waals surface area contributed by atoms with E-state index in [9.17, 15) is 9.59 Å². The van der Waals surface area contributed by atoms with Crippen molar-refractivity contribution in [2.24, 2.45) is 0 Å². The van der Waals surface area contributed by atoms with Crippen LogP contribution in [0.1, 0.15) is 20.8 Å². The highest BCUT2D eigenvalue weighted by atomic mass is 35.5. The second-order valence-corrected chi connectivity index (χ2v) is 8.80. The number of halogens is 1. The van der Waals surface area contributed by atoms with Gasteiger partial charge in [0.05, 0.1) is 5.69 Å². The summed E-state index contributed by atoms with van der Waals surface area (Å²) in [7, 11) is 0. The molecule has 4 rings (SSSR count). The van der Waals surface area contributed by atoms with Gasteiger partial charge in [-0.15, -0.1) is 4.52 Å². The molecule has 4 N–H and O–H groups in total. The number of nitrogens with zero attached hydrogens (tertiary/aromatic N) is 2. The van der Waals surface area contributed by atoms with E-state index in [2.05, 4.69) is 15.8 Å². The van der Waals surface area contributed by atoms with Crippen LogP contribution in [0.4, 0.5) is 10.5 Å². The molecule has 2 aromatic carbocycles. The number of hydrogen-bond donors (Lipinski definition) is 3. The molecule has 9 nitrogen and oxygen atoms in total. The fraction of sp³-hybridized carbons (Fsp3) is 0.261. The molecule has 0 aliphatic rings. The Hall–Kier alpha value is -3.56. The van der Waals surface area contributed by atoms with Crippen molar-refractivity contribution in [1.29, 1.82) is 0 Å². The Morgan fingerprint density at radius 3 is 2.48 bits per heavy atom. The van der Waals surface area contributed by atoms with E-state index in [0.29, 0.717) is 29.3 Å². The van der Waals surface area contributed by atoms with Gasteiger partial charge in [-0.3, -0.25) is 0 Å². The number of H-pyrrole nitrogens is 1. The Balaban J connectivity index is 0.00000306. The van der Waals surface area contributed by atoms with Crippen LogP contribution >= 0.6 is 11.6 Å². The summed E-state index contributed by atoms with van der Waals surface area (Å²) in [4.78, 5) is 25.0. The van der Waals surface area contributed by atoms with Crippen LogP contribution in [-0.4, -0.2) is 40.2 Å². The predicted octanol–water partition coefficient (Wildman–Crippen LogP) is 3.47. The molecule has 0 aliphatic carbocycles. The van der Waals surface area contributed by atoms with E-state index in [1.807, 2.05) is 45.0 Å². The van der Waals surface area contributed by atoms with Gasteiger partial charge in [-0.25, -0.2) is 9.59 Å². The van der Waals surface area contributed by atoms with E-state index in [4.69, 9.17) is 16.3 Å². The third kappa shape index (κ3) is 5.27. The molecule has 0 saturated carbocycles. The molecule has 33 heavy (non-hydrogen) atoms. The van der Waals surface area contributed by atoms with Gasteiger partial charge in [-0.2, -0.15) is 0 Å². The molecule has 0 spiro atoms. The Morgan fingerprint density at radius 2 is 1.79 bits per heavy atom. The number of amides is 1. The summed E-state index contributed by atoms with van der Waals surface area (Å²) in [6.45, 7) is 6.29. The lowest BCUT2D eigenvalue weighted by Gasteiger charge is -2.19. The van der Waals surface area contributed by atoms with Crippen LogP contribution in [0.3, 0.4) is 0 Å². The van der Waals surface area contributed by atoms with E-state index >= 15 is 0 Å². The number of aromatic nitrogens is 3. The lowest BCUT2D eigenvalue weighted by atomic mass is 10.1. The fourth-order valence-corrected chi connectivity index (χ4v) is 3.54. The number of alkyl carbamates (subject to hydrolysis) is 1. The minimum absolute atomic E-state index is 0. The number of pyridine rings is 1. The topological polar surface area (TPSA) is 122 Å². The Kier molecular flexibility index (Phi) is 6.95. The van der Waals surface area contributed by atoms with E-state index in [1.165, 1.54) is 4.68 Å². The molecule has 0 fully saturated rings. The summed E-state index contributed by atoms with van der Waals surface area (Å²) in [5.74, 6) is 0. The molecule has 4 aromatic rings.